The number of hydrogen-bond donors (Lipinski definition) is 0. The Morgan fingerprint density at radius 2 is 1.36 bits per heavy atom. The number of rotatable bonds is 6. The van der Waals surface area contributed by atoms with E-state index in [2.05, 4.69) is 153 Å². The zero-order chi connectivity index (χ0) is 28.9. The fourth-order valence-electron chi connectivity index (χ4n) is 6.08. The quantitative estimate of drug-likeness (QED) is 0.163. The number of aryl methyl sites for hydroxylation is 1. The van der Waals surface area contributed by atoms with E-state index < -0.39 is 0 Å². The normalized spacial score (nSPS) is 12.3. The van der Waals surface area contributed by atoms with E-state index in [1.165, 1.54) is 93.5 Å². The first-order valence-electron chi connectivity index (χ1n) is 15.0. The first kappa shape index (κ1) is 28.3. The fourth-order valence-corrected chi connectivity index (χ4v) is 6.90. The molecule has 1 aliphatic carbocycles. The molecule has 1 aliphatic rings. The van der Waals surface area contributed by atoms with Crippen molar-refractivity contribution >= 4 is 30.3 Å². The summed E-state index contributed by atoms with van der Waals surface area (Å²) in [4.78, 5) is 0. The van der Waals surface area contributed by atoms with Crippen LogP contribution in [-0.2, 0) is 37.1 Å². The van der Waals surface area contributed by atoms with Gasteiger partial charge in [0, 0.05) is 0 Å². The van der Waals surface area contributed by atoms with Gasteiger partial charge in [-0.05, 0) is 30.4 Å². The van der Waals surface area contributed by atoms with Crippen molar-refractivity contribution in [3.05, 3.63) is 167 Å². The van der Waals surface area contributed by atoms with E-state index in [4.69, 9.17) is 0 Å². The van der Waals surface area contributed by atoms with Crippen LogP contribution in [0.2, 0.25) is 0 Å². The summed E-state index contributed by atoms with van der Waals surface area (Å²) in [6, 6.07) is 43.8. The molecular weight excluding hydrogens is 584 g/mol. The summed E-state index contributed by atoms with van der Waals surface area (Å²) in [7, 11) is 0. The molecule has 0 saturated heterocycles. The molecule has 0 radical (unpaired) electrons. The Kier molecular flexibility index (Phi) is 8.78. The second kappa shape index (κ2) is 13.0. The van der Waals surface area contributed by atoms with Crippen LogP contribution in [0.3, 0.4) is 0 Å². The Morgan fingerprint density at radius 1 is 0.714 bits per heavy atom. The average Bonchev–Trinajstić information content (AvgIpc) is 3.73. The minimum atomic E-state index is 1.03. The number of hydrogen-bond acceptors (Lipinski definition) is 0. The number of allylic oxidation sites excluding steroid dienone is 4. The average molecular weight is 619 g/mol. The van der Waals surface area contributed by atoms with E-state index in [1.54, 1.807) is 0 Å². The Balaban J connectivity index is 0.000000189. The summed E-state index contributed by atoms with van der Waals surface area (Å²) >= 11 is 1.46. The van der Waals surface area contributed by atoms with Crippen molar-refractivity contribution in [1.82, 2.24) is 0 Å². The predicted molar refractivity (Wildman–Crippen MR) is 179 cm³/mol. The molecule has 6 aromatic carbocycles. The molecule has 0 amide bonds. The molecule has 0 bridgehead atoms. The van der Waals surface area contributed by atoms with E-state index in [0.29, 0.717) is 0 Å². The monoisotopic (exact) mass is 617 g/mol. The van der Waals surface area contributed by atoms with Gasteiger partial charge < -0.3 is 0 Å². The van der Waals surface area contributed by atoms with Gasteiger partial charge in [0.2, 0.25) is 0 Å². The minimum absolute atomic E-state index is 1.03. The molecule has 1 heteroatoms. The van der Waals surface area contributed by atoms with Crippen LogP contribution >= 0.6 is 0 Å². The van der Waals surface area contributed by atoms with Crippen LogP contribution < -0.4 is 0 Å². The summed E-state index contributed by atoms with van der Waals surface area (Å²) in [5.41, 5.74) is 11.1. The molecule has 0 nitrogen and oxygen atoms in total. The van der Waals surface area contributed by atoms with Crippen LogP contribution in [0.5, 0.6) is 0 Å². The van der Waals surface area contributed by atoms with Gasteiger partial charge in [0.15, 0.2) is 0 Å². The van der Waals surface area contributed by atoms with Crippen LogP contribution in [0, 0.1) is 0 Å². The molecule has 204 valence electrons. The van der Waals surface area contributed by atoms with Crippen LogP contribution in [0.25, 0.3) is 38.2 Å². The van der Waals surface area contributed by atoms with Gasteiger partial charge in [-0.3, -0.25) is 0 Å². The van der Waals surface area contributed by atoms with Gasteiger partial charge >= 0.3 is 99.2 Å². The standard InChI is InChI=1S/C28H25.C13H10.Zr/c1-3-19-14-15-24-22(16-19)17-27-26(24)18-25(20-10-6-5-7-11-20)23(4-2)28(27)21-12-8-9-13-21;1-3-7-12(8-4-1)11-13-9-5-2-6-10-13;/h5-12,14-18H,3-4,13H2,1-2H3;1-10H;/q-1;;. The number of benzene rings is 5. The molecular formula is C41H35Zr-. The molecule has 0 aromatic heterocycles. The summed E-state index contributed by atoms with van der Waals surface area (Å²) in [5.74, 6) is 0. The Labute approximate surface area is 264 Å². The maximum atomic E-state index is 2.43. The van der Waals surface area contributed by atoms with Gasteiger partial charge in [0.05, 0.1) is 0 Å². The van der Waals surface area contributed by atoms with Gasteiger partial charge in [-0.25, -0.2) is 0 Å². The third-order valence-corrected chi connectivity index (χ3v) is 9.66. The van der Waals surface area contributed by atoms with Gasteiger partial charge in [0.25, 0.3) is 0 Å². The van der Waals surface area contributed by atoms with E-state index in [0.717, 1.165) is 19.3 Å². The summed E-state index contributed by atoms with van der Waals surface area (Å²) in [6.45, 7) is 4.52. The van der Waals surface area contributed by atoms with E-state index in [-0.39, 0.29) is 0 Å². The molecule has 0 N–H and O–H groups in total. The second-order valence-corrected chi connectivity index (χ2v) is 12.0. The molecule has 0 aliphatic heterocycles. The Morgan fingerprint density at radius 3 is 1.93 bits per heavy atom. The first-order valence-corrected chi connectivity index (χ1v) is 16.2. The van der Waals surface area contributed by atoms with Crippen molar-refractivity contribution in [2.75, 3.05) is 0 Å². The van der Waals surface area contributed by atoms with Crippen molar-refractivity contribution in [1.29, 1.82) is 0 Å². The predicted octanol–water partition coefficient (Wildman–Crippen LogP) is 10.6. The fraction of sp³-hybridized carbons (Fsp3) is 0.122. The van der Waals surface area contributed by atoms with E-state index >= 15 is 0 Å². The van der Waals surface area contributed by atoms with Crippen molar-refractivity contribution in [3.8, 4) is 11.1 Å². The third kappa shape index (κ3) is 5.77. The molecule has 0 atom stereocenters. The van der Waals surface area contributed by atoms with Gasteiger partial charge in [-0.1, -0.05) is 103 Å². The SMILES string of the molecule is CCc1ccc2c(c1)[cH-]c1c(C3=CC=CC3)c(CC)c(-c3ccccc3)cc12.[Zr]=[C](c1ccccc1)c1ccccc1. The summed E-state index contributed by atoms with van der Waals surface area (Å²) < 4.78 is 1.42. The molecule has 7 rings (SSSR count). The zero-order valence-electron chi connectivity index (χ0n) is 24.4. The van der Waals surface area contributed by atoms with E-state index in [1.807, 2.05) is 0 Å². The summed E-state index contributed by atoms with van der Waals surface area (Å²) in [5, 5.41) is 5.54. The van der Waals surface area contributed by atoms with Gasteiger partial charge in [-0.15, -0.1) is 33.7 Å². The topological polar surface area (TPSA) is 0 Å². The molecule has 0 fully saturated rings. The van der Waals surface area contributed by atoms with Crippen LogP contribution in [-0.4, -0.2) is 3.21 Å². The Bertz CT molecular complexity index is 1860. The molecule has 6 aromatic rings. The van der Waals surface area contributed by atoms with Gasteiger partial charge in [0.1, 0.15) is 0 Å². The van der Waals surface area contributed by atoms with Crippen LogP contribution in [0.4, 0.5) is 0 Å². The molecule has 0 unspecified atom stereocenters. The summed E-state index contributed by atoms with van der Waals surface area (Å²) in [6.07, 6.45) is 9.92. The van der Waals surface area contributed by atoms with Crippen molar-refractivity contribution in [2.45, 2.75) is 33.1 Å². The van der Waals surface area contributed by atoms with Crippen molar-refractivity contribution in [2.24, 2.45) is 0 Å². The first-order chi connectivity index (χ1) is 20.7. The van der Waals surface area contributed by atoms with Crippen molar-refractivity contribution in [3.63, 3.8) is 0 Å². The third-order valence-electron chi connectivity index (χ3n) is 8.24. The van der Waals surface area contributed by atoms with Crippen LogP contribution in [0.15, 0.2) is 140 Å². The second-order valence-electron chi connectivity index (χ2n) is 10.8. The maximum absolute atomic E-state index is 2.43. The molecule has 0 spiro atoms. The molecule has 0 heterocycles. The Hall–Kier alpha value is -3.80. The van der Waals surface area contributed by atoms with Gasteiger partial charge in [-0.2, -0.15) is 0 Å². The number of fused-ring (bicyclic) bond motifs is 3. The molecule has 0 saturated carbocycles. The molecule has 42 heavy (non-hydrogen) atoms. The van der Waals surface area contributed by atoms with Crippen LogP contribution in [0.1, 0.15) is 48.1 Å². The zero-order valence-corrected chi connectivity index (χ0v) is 26.9. The van der Waals surface area contributed by atoms with E-state index in [9.17, 15) is 0 Å². The van der Waals surface area contributed by atoms with Crippen molar-refractivity contribution < 1.29 is 24.2 Å².